The molecule has 2 aromatic heterocycles. The maximum Gasteiger partial charge on any atom is 0.324 e. The molecular weight excluding hydrogens is 484 g/mol. The zero-order valence-corrected chi connectivity index (χ0v) is 19.7. The molecule has 0 aliphatic heterocycles. The summed E-state index contributed by atoms with van der Waals surface area (Å²) < 4.78 is 5.75. The fraction of sp³-hybridized carbons (Fsp3) is 0.250. The molecule has 0 radical (unpaired) electrons. The van der Waals surface area contributed by atoms with Gasteiger partial charge in [0.1, 0.15) is 11.5 Å². The molecule has 3 aromatic rings. The Morgan fingerprint density at radius 3 is 2.29 bits per heavy atom. The quantitative estimate of drug-likeness (QED) is 0.324. The van der Waals surface area contributed by atoms with Crippen molar-refractivity contribution in [2.45, 2.75) is 31.3 Å². The minimum absolute atomic E-state index is 0.206. The first-order valence-electron chi connectivity index (χ1n) is 9.19. The third kappa shape index (κ3) is 6.05. The molecule has 0 saturated heterocycles. The van der Waals surface area contributed by atoms with Crippen molar-refractivity contribution in [3.8, 4) is 0 Å². The number of nitrogens with zero attached hydrogens (tertiary/aromatic N) is 3. The monoisotopic (exact) mass is 504 g/mol. The molecule has 0 aliphatic rings. The van der Waals surface area contributed by atoms with Crippen molar-refractivity contribution in [2.75, 3.05) is 22.2 Å². The lowest BCUT2D eigenvalue weighted by atomic mass is 9.93. The summed E-state index contributed by atoms with van der Waals surface area (Å²) in [7, 11) is 0. The molecule has 0 fully saturated rings. The molecule has 31 heavy (non-hydrogen) atoms. The highest BCUT2D eigenvalue weighted by Crippen LogP contribution is 2.24. The number of nitrogens with one attached hydrogen (secondary N) is 3. The van der Waals surface area contributed by atoms with Crippen LogP contribution in [-0.2, 0) is 5.41 Å². The lowest BCUT2D eigenvalue weighted by Crippen LogP contribution is -2.19. The average molecular weight is 505 g/mol. The Labute approximate surface area is 191 Å². The summed E-state index contributed by atoms with van der Waals surface area (Å²) in [5.74, 6) is 0.623. The van der Waals surface area contributed by atoms with E-state index in [4.69, 9.17) is 4.52 Å². The van der Waals surface area contributed by atoms with Crippen molar-refractivity contribution in [1.82, 2.24) is 15.1 Å². The van der Waals surface area contributed by atoms with Gasteiger partial charge in [-0.1, -0.05) is 37.7 Å². The van der Waals surface area contributed by atoms with Gasteiger partial charge in [-0.2, -0.15) is 0 Å². The first-order chi connectivity index (χ1) is 14.7. The molecule has 0 aliphatic carbocycles. The van der Waals surface area contributed by atoms with E-state index in [2.05, 4.69) is 47.0 Å². The number of aromatic nitrogens is 3. The Morgan fingerprint density at radius 2 is 1.71 bits per heavy atom. The highest BCUT2D eigenvalue weighted by molar-refractivity contribution is 9.10. The third-order valence-corrected chi connectivity index (χ3v) is 5.15. The number of hydrogen-bond donors (Lipinski definition) is 3. The fourth-order valence-corrected chi connectivity index (χ4v) is 3.11. The van der Waals surface area contributed by atoms with Crippen LogP contribution in [0.4, 0.5) is 22.0 Å². The van der Waals surface area contributed by atoms with Crippen molar-refractivity contribution in [2.24, 2.45) is 0 Å². The number of thioether (sulfide) groups is 1. The van der Waals surface area contributed by atoms with Gasteiger partial charge in [-0.25, -0.2) is 14.8 Å². The van der Waals surface area contributed by atoms with Gasteiger partial charge in [0.25, 0.3) is 5.91 Å². The molecule has 9 nitrogen and oxygen atoms in total. The SMILES string of the molecule is CSc1ncc(Br)c(C(=O)Nc2ccc(NC(=O)Nc3cc(C(C)(C)C)on3)cc2)n1. The Kier molecular flexibility index (Phi) is 6.96. The van der Waals surface area contributed by atoms with Gasteiger partial charge in [0, 0.05) is 29.1 Å². The van der Waals surface area contributed by atoms with E-state index in [0.29, 0.717) is 32.6 Å². The third-order valence-electron chi connectivity index (χ3n) is 4.01. The molecule has 3 N–H and O–H groups in total. The predicted octanol–water partition coefficient (Wildman–Crippen LogP) is 5.14. The van der Waals surface area contributed by atoms with Gasteiger partial charge in [0.05, 0.1) is 4.47 Å². The molecule has 11 heteroatoms. The maximum atomic E-state index is 12.5. The fourth-order valence-electron chi connectivity index (χ4n) is 2.40. The molecule has 0 bridgehead atoms. The second-order valence-corrected chi connectivity index (χ2v) is 9.12. The zero-order chi connectivity index (χ0) is 22.6. The number of amides is 3. The summed E-state index contributed by atoms with van der Waals surface area (Å²) in [5.41, 5.74) is 1.13. The van der Waals surface area contributed by atoms with Gasteiger partial charge in [0.2, 0.25) is 0 Å². The smallest absolute Gasteiger partial charge is 0.324 e. The van der Waals surface area contributed by atoms with Crippen molar-refractivity contribution in [1.29, 1.82) is 0 Å². The van der Waals surface area contributed by atoms with Crippen molar-refractivity contribution in [3.05, 3.63) is 52.5 Å². The van der Waals surface area contributed by atoms with Crippen molar-refractivity contribution < 1.29 is 14.1 Å². The Balaban J connectivity index is 1.59. The molecule has 3 rings (SSSR count). The van der Waals surface area contributed by atoms with Crippen LogP contribution in [0.3, 0.4) is 0 Å². The van der Waals surface area contributed by atoms with Crippen LogP contribution in [0.25, 0.3) is 0 Å². The molecule has 0 spiro atoms. The highest BCUT2D eigenvalue weighted by atomic mass is 79.9. The number of anilines is 3. The minimum Gasteiger partial charge on any atom is -0.359 e. The summed E-state index contributed by atoms with van der Waals surface area (Å²) >= 11 is 4.64. The predicted molar refractivity (Wildman–Crippen MR) is 124 cm³/mol. The molecular formula is C20H21BrN6O3S. The number of rotatable bonds is 5. The number of urea groups is 1. The Bertz CT molecular complexity index is 1100. The first kappa shape index (κ1) is 22.8. The van der Waals surface area contributed by atoms with E-state index >= 15 is 0 Å². The molecule has 0 atom stereocenters. The molecule has 0 unspecified atom stereocenters. The Hall–Kier alpha value is -2.92. The number of carbonyl (C=O) groups is 2. The molecule has 162 valence electrons. The second kappa shape index (κ2) is 9.48. The van der Waals surface area contributed by atoms with E-state index in [-0.39, 0.29) is 17.0 Å². The lowest BCUT2D eigenvalue weighted by molar-refractivity contribution is 0.102. The number of carbonyl (C=O) groups excluding carboxylic acids is 2. The standard InChI is InChI=1S/C20H21BrN6O3S/c1-20(2,3)14-9-15(27-30-14)25-18(29)24-12-7-5-11(6-8-12)23-17(28)16-13(21)10-22-19(26-16)31-4/h5-10H,1-4H3,(H,23,28)(H2,24,25,27,29). The van der Waals surface area contributed by atoms with Crippen LogP contribution < -0.4 is 16.0 Å². The van der Waals surface area contributed by atoms with Crippen LogP contribution in [0.5, 0.6) is 0 Å². The van der Waals surface area contributed by atoms with Crippen LogP contribution in [0.2, 0.25) is 0 Å². The second-order valence-electron chi connectivity index (χ2n) is 7.49. The largest absolute Gasteiger partial charge is 0.359 e. The summed E-state index contributed by atoms with van der Waals surface area (Å²) in [6, 6.07) is 7.91. The highest BCUT2D eigenvalue weighted by Gasteiger charge is 2.20. The first-order valence-corrected chi connectivity index (χ1v) is 11.2. The maximum absolute atomic E-state index is 12.5. The van der Waals surface area contributed by atoms with Crippen LogP contribution in [0.15, 0.2) is 50.7 Å². The summed E-state index contributed by atoms with van der Waals surface area (Å²) in [6.45, 7) is 5.97. The summed E-state index contributed by atoms with van der Waals surface area (Å²) in [5, 5.41) is 12.4. The van der Waals surface area contributed by atoms with Gasteiger partial charge >= 0.3 is 6.03 Å². The van der Waals surface area contributed by atoms with Gasteiger partial charge in [-0.15, -0.1) is 0 Å². The minimum atomic E-state index is -0.458. The number of hydrogen-bond acceptors (Lipinski definition) is 7. The average Bonchev–Trinajstić information content (AvgIpc) is 3.18. The van der Waals surface area contributed by atoms with Crippen molar-refractivity contribution in [3.63, 3.8) is 0 Å². The molecule has 2 heterocycles. The van der Waals surface area contributed by atoms with E-state index in [1.54, 1.807) is 36.5 Å². The van der Waals surface area contributed by atoms with E-state index in [1.807, 2.05) is 27.0 Å². The zero-order valence-electron chi connectivity index (χ0n) is 17.3. The van der Waals surface area contributed by atoms with E-state index in [9.17, 15) is 9.59 Å². The van der Waals surface area contributed by atoms with Crippen molar-refractivity contribution >= 4 is 56.8 Å². The summed E-state index contributed by atoms with van der Waals surface area (Å²) in [6.07, 6.45) is 3.37. The Morgan fingerprint density at radius 1 is 1.06 bits per heavy atom. The van der Waals surface area contributed by atoms with E-state index in [0.717, 1.165) is 0 Å². The molecule has 0 saturated carbocycles. The number of halogens is 1. The van der Waals surface area contributed by atoms with Gasteiger partial charge in [-0.3, -0.25) is 10.1 Å². The van der Waals surface area contributed by atoms with E-state index < -0.39 is 6.03 Å². The van der Waals surface area contributed by atoms with Crippen LogP contribution >= 0.6 is 27.7 Å². The normalized spacial score (nSPS) is 11.1. The lowest BCUT2D eigenvalue weighted by Gasteiger charge is -2.12. The van der Waals surface area contributed by atoms with E-state index in [1.165, 1.54) is 11.8 Å². The molecule has 3 amide bonds. The van der Waals surface area contributed by atoms with Gasteiger partial charge in [0.15, 0.2) is 11.0 Å². The summed E-state index contributed by atoms with van der Waals surface area (Å²) in [4.78, 5) is 33.0. The van der Waals surface area contributed by atoms with Crippen LogP contribution in [0, 0.1) is 0 Å². The van der Waals surface area contributed by atoms with Crippen LogP contribution in [-0.4, -0.2) is 33.3 Å². The van der Waals surface area contributed by atoms with Gasteiger partial charge in [-0.05, 0) is 46.5 Å². The molecule has 1 aromatic carbocycles. The van der Waals surface area contributed by atoms with Crippen LogP contribution in [0.1, 0.15) is 37.0 Å². The van der Waals surface area contributed by atoms with Gasteiger partial charge < -0.3 is 15.2 Å². The topological polar surface area (TPSA) is 122 Å². The number of benzene rings is 1.